The smallest absolute Gasteiger partial charge is 0.335 e. The molecule has 0 spiro atoms. The average molecular weight is 434 g/mol. The maximum absolute atomic E-state index is 13.5. The Morgan fingerprint density at radius 1 is 1.06 bits per heavy atom. The molecule has 0 unspecified atom stereocenters. The summed E-state index contributed by atoms with van der Waals surface area (Å²) in [5, 5.41) is 4.09. The van der Waals surface area contributed by atoms with Gasteiger partial charge in [-0.25, -0.2) is 4.68 Å². The highest BCUT2D eigenvalue weighted by Crippen LogP contribution is 2.33. The quantitative estimate of drug-likeness (QED) is 0.744. The van der Waals surface area contributed by atoms with Gasteiger partial charge in [0.1, 0.15) is 0 Å². The Balaban J connectivity index is 1.61. The number of carbonyl (C=O) groups is 1. The molecule has 1 aromatic carbocycles. The highest BCUT2D eigenvalue weighted by molar-refractivity contribution is 5.92. The molecule has 1 saturated carbocycles. The predicted octanol–water partition coefficient (Wildman–Crippen LogP) is 3.26. The van der Waals surface area contributed by atoms with Gasteiger partial charge in [0.2, 0.25) is 5.43 Å². The van der Waals surface area contributed by atoms with Crippen LogP contribution in [0.25, 0.3) is 5.69 Å². The van der Waals surface area contributed by atoms with Crippen LogP contribution in [0.2, 0.25) is 0 Å². The number of piperazine rings is 1. The molecule has 0 radical (unpaired) electrons. The van der Waals surface area contributed by atoms with Gasteiger partial charge in [0.25, 0.3) is 5.91 Å². The maximum Gasteiger partial charge on any atom is 0.418 e. The van der Waals surface area contributed by atoms with Crippen LogP contribution in [0.5, 0.6) is 0 Å². The molecule has 31 heavy (non-hydrogen) atoms. The largest absolute Gasteiger partial charge is 0.418 e. The predicted molar refractivity (Wildman–Crippen MR) is 109 cm³/mol. The van der Waals surface area contributed by atoms with Crippen LogP contribution in [0.15, 0.2) is 35.1 Å². The number of aromatic nitrogens is 2. The normalized spacial score (nSPS) is 18.5. The van der Waals surface area contributed by atoms with Gasteiger partial charge < -0.3 is 4.90 Å². The number of amides is 1. The van der Waals surface area contributed by atoms with Gasteiger partial charge in [-0.05, 0) is 31.9 Å². The highest BCUT2D eigenvalue weighted by atomic mass is 19.4. The van der Waals surface area contributed by atoms with Gasteiger partial charge in [-0.2, -0.15) is 18.3 Å². The summed E-state index contributed by atoms with van der Waals surface area (Å²) >= 11 is 0. The molecule has 1 aromatic heterocycles. The van der Waals surface area contributed by atoms with Gasteiger partial charge in [0, 0.05) is 44.0 Å². The van der Waals surface area contributed by atoms with E-state index in [2.05, 4.69) is 10.00 Å². The fraction of sp³-hybridized carbons (Fsp3) is 0.500. The van der Waals surface area contributed by atoms with E-state index in [1.807, 2.05) is 0 Å². The van der Waals surface area contributed by atoms with Crippen molar-refractivity contribution >= 4 is 5.91 Å². The number of carbonyl (C=O) groups excluding carboxylic acids is 1. The lowest BCUT2D eigenvalue weighted by atomic mass is 10.1. The van der Waals surface area contributed by atoms with Crippen LogP contribution >= 0.6 is 0 Å². The van der Waals surface area contributed by atoms with E-state index in [1.165, 1.54) is 56.9 Å². The van der Waals surface area contributed by atoms with Crippen LogP contribution in [0.1, 0.15) is 47.4 Å². The molecule has 9 heteroatoms. The first-order valence-electron chi connectivity index (χ1n) is 10.6. The zero-order valence-corrected chi connectivity index (χ0v) is 17.4. The van der Waals surface area contributed by atoms with Crippen molar-refractivity contribution in [3.63, 3.8) is 0 Å². The molecule has 0 bridgehead atoms. The van der Waals surface area contributed by atoms with E-state index >= 15 is 0 Å². The zero-order chi connectivity index (χ0) is 22.2. The number of aryl methyl sites for hydroxylation is 1. The first-order valence-corrected chi connectivity index (χ1v) is 10.6. The van der Waals surface area contributed by atoms with Crippen molar-refractivity contribution in [2.24, 2.45) is 0 Å². The number of benzene rings is 1. The van der Waals surface area contributed by atoms with Gasteiger partial charge in [-0.3, -0.25) is 14.5 Å². The first kappa shape index (κ1) is 21.5. The second kappa shape index (κ2) is 8.45. The molecular weight excluding hydrogens is 409 g/mol. The van der Waals surface area contributed by atoms with Crippen molar-refractivity contribution in [1.82, 2.24) is 19.6 Å². The van der Waals surface area contributed by atoms with Crippen molar-refractivity contribution in [1.29, 1.82) is 0 Å². The molecule has 2 aliphatic rings. The Bertz CT molecular complexity index is 1020. The van der Waals surface area contributed by atoms with Gasteiger partial charge in [-0.15, -0.1) is 0 Å². The van der Waals surface area contributed by atoms with E-state index in [9.17, 15) is 22.8 Å². The maximum atomic E-state index is 13.5. The topological polar surface area (TPSA) is 58.4 Å². The van der Waals surface area contributed by atoms with E-state index in [1.54, 1.807) is 4.90 Å². The number of halogens is 3. The fourth-order valence-corrected chi connectivity index (χ4v) is 4.55. The third-order valence-electron chi connectivity index (χ3n) is 6.19. The van der Waals surface area contributed by atoms with E-state index in [0.29, 0.717) is 19.1 Å². The van der Waals surface area contributed by atoms with Crippen LogP contribution in [0, 0.1) is 6.92 Å². The van der Waals surface area contributed by atoms with Gasteiger partial charge in [0.05, 0.1) is 11.3 Å². The van der Waals surface area contributed by atoms with E-state index < -0.39 is 23.1 Å². The van der Waals surface area contributed by atoms with Gasteiger partial charge >= 0.3 is 6.18 Å². The molecule has 1 aliphatic carbocycles. The van der Waals surface area contributed by atoms with E-state index in [-0.39, 0.29) is 17.1 Å². The average Bonchev–Trinajstić information content (AvgIpc) is 3.28. The molecule has 1 aliphatic heterocycles. The van der Waals surface area contributed by atoms with Gasteiger partial charge in [-0.1, -0.05) is 25.0 Å². The van der Waals surface area contributed by atoms with Crippen LogP contribution in [0.4, 0.5) is 13.2 Å². The minimum Gasteiger partial charge on any atom is -0.335 e. The molecule has 2 aromatic rings. The zero-order valence-electron chi connectivity index (χ0n) is 17.4. The Kier molecular flexibility index (Phi) is 5.88. The molecule has 2 heterocycles. The molecule has 6 nitrogen and oxygen atoms in total. The second-order valence-corrected chi connectivity index (χ2v) is 8.19. The third-order valence-corrected chi connectivity index (χ3v) is 6.19. The highest BCUT2D eigenvalue weighted by Gasteiger charge is 2.35. The van der Waals surface area contributed by atoms with Crippen molar-refractivity contribution in [3.8, 4) is 5.69 Å². The number of hydrogen-bond donors (Lipinski definition) is 0. The standard InChI is InChI=1S/C22H25F3N4O2/c1-15-14-19(30)20(26-29(15)18-9-5-4-8-17(18)22(23,24)25)21(31)28-12-10-27(11-13-28)16-6-2-3-7-16/h4-5,8-9,14,16H,2-3,6-7,10-13H2,1H3. The van der Waals surface area contributed by atoms with Crippen LogP contribution in [0.3, 0.4) is 0 Å². The number of alkyl halides is 3. The van der Waals surface area contributed by atoms with Crippen molar-refractivity contribution < 1.29 is 18.0 Å². The van der Waals surface area contributed by atoms with Crippen molar-refractivity contribution in [2.45, 2.75) is 44.8 Å². The fourth-order valence-electron chi connectivity index (χ4n) is 4.55. The molecule has 0 atom stereocenters. The summed E-state index contributed by atoms with van der Waals surface area (Å²) in [7, 11) is 0. The SMILES string of the molecule is Cc1cc(=O)c(C(=O)N2CCN(C3CCCC3)CC2)nn1-c1ccccc1C(F)(F)F. The van der Waals surface area contributed by atoms with Crippen LogP contribution in [-0.4, -0.2) is 57.7 Å². The van der Waals surface area contributed by atoms with Gasteiger partial charge in [0.15, 0.2) is 5.69 Å². The molecule has 2 fully saturated rings. The second-order valence-electron chi connectivity index (χ2n) is 8.19. The molecule has 1 amide bonds. The number of nitrogens with zero attached hydrogens (tertiary/aromatic N) is 4. The molecule has 1 saturated heterocycles. The molecule has 166 valence electrons. The summed E-state index contributed by atoms with van der Waals surface area (Å²) in [6, 6.07) is 6.72. The van der Waals surface area contributed by atoms with Crippen molar-refractivity contribution in [3.05, 3.63) is 57.5 Å². The summed E-state index contributed by atoms with van der Waals surface area (Å²) in [6.45, 7) is 3.91. The Morgan fingerprint density at radius 2 is 1.71 bits per heavy atom. The molecular formula is C22H25F3N4O2. The lowest BCUT2D eigenvalue weighted by molar-refractivity contribution is -0.137. The summed E-state index contributed by atoms with van der Waals surface area (Å²) < 4.78 is 41.5. The van der Waals surface area contributed by atoms with E-state index in [0.717, 1.165) is 23.8 Å². The monoisotopic (exact) mass is 434 g/mol. The first-order chi connectivity index (χ1) is 14.8. The molecule has 0 N–H and O–H groups in total. The lowest BCUT2D eigenvalue weighted by Gasteiger charge is -2.37. The van der Waals surface area contributed by atoms with Crippen LogP contribution < -0.4 is 5.43 Å². The Morgan fingerprint density at radius 3 is 2.35 bits per heavy atom. The summed E-state index contributed by atoms with van der Waals surface area (Å²) in [4.78, 5) is 29.5. The summed E-state index contributed by atoms with van der Waals surface area (Å²) in [5.41, 5.74) is -1.80. The number of rotatable bonds is 3. The lowest BCUT2D eigenvalue weighted by Crippen LogP contribution is -2.52. The van der Waals surface area contributed by atoms with Crippen molar-refractivity contribution in [2.75, 3.05) is 26.2 Å². The third kappa shape index (κ3) is 4.37. The van der Waals surface area contributed by atoms with Crippen LogP contribution in [-0.2, 0) is 6.18 Å². The number of hydrogen-bond acceptors (Lipinski definition) is 4. The number of para-hydroxylation sites is 1. The Hall–Kier alpha value is -2.68. The summed E-state index contributed by atoms with van der Waals surface area (Å²) in [5.74, 6) is -0.533. The summed E-state index contributed by atoms with van der Waals surface area (Å²) in [6.07, 6.45) is 0.230. The Labute approximate surface area is 178 Å². The minimum absolute atomic E-state index is 0.215. The molecule has 4 rings (SSSR count). The van der Waals surface area contributed by atoms with E-state index in [4.69, 9.17) is 0 Å². The minimum atomic E-state index is -4.59.